The van der Waals surface area contributed by atoms with E-state index < -0.39 is 11.4 Å². The number of hydrogen-bond acceptors (Lipinski definition) is 3. The zero-order valence-corrected chi connectivity index (χ0v) is 13.8. The molecule has 0 unspecified atom stereocenters. The Morgan fingerprint density at radius 2 is 1.82 bits per heavy atom. The smallest absolute Gasteiger partial charge is 0.310 e. The first-order valence-electron chi connectivity index (χ1n) is 7.85. The van der Waals surface area contributed by atoms with Crippen molar-refractivity contribution < 1.29 is 14.3 Å². The zero-order valence-electron chi connectivity index (χ0n) is 13.8. The molecule has 0 aliphatic carbocycles. The van der Waals surface area contributed by atoms with Crippen LogP contribution in [0.2, 0.25) is 0 Å². The van der Waals surface area contributed by atoms with Crippen molar-refractivity contribution in [1.82, 2.24) is 5.32 Å². The molecule has 2 rings (SSSR count). The second kappa shape index (κ2) is 6.53. The number of fused-ring (bicyclic) bond motifs is 1. The van der Waals surface area contributed by atoms with Gasteiger partial charge in [0.15, 0.2) is 0 Å². The van der Waals surface area contributed by atoms with Crippen LogP contribution in [-0.4, -0.2) is 17.6 Å². The van der Waals surface area contributed by atoms with Crippen LogP contribution in [0.1, 0.15) is 43.6 Å². The molecule has 0 atom stereocenters. The highest BCUT2D eigenvalue weighted by Crippen LogP contribution is 2.26. The second-order valence-corrected chi connectivity index (χ2v) is 6.08. The first-order chi connectivity index (χ1) is 10.4. The third-order valence-electron chi connectivity index (χ3n) is 4.75. The van der Waals surface area contributed by atoms with Crippen molar-refractivity contribution in [1.29, 1.82) is 0 Å². The topological polar surface area (TPSA) is 62.5 Å². The maximum Gasteiger partial charge on any atom is 0.310 e. The molecular weight excluding hydrogens is 278 g/mol. The Bertz CT molecular complexity index is 629. The number of carboxylic acid groups (broad SMARTS) is 1. The van der Waals surface area contributed by atoms with Crippen LogP contribution in [0.15, 0.2) is 22.6 Å². The minimum absolute atomic E-state index is 0.449. The van der Waals surface area contributed by atoms with E-state index in [0.29, 0.717) is 25.9 Å². The number of nitrogens with one attached hydrogen (secondary N) is 1. The van der Waals surface area contributed by atoms with Crippen LogP contribution in [0, 0.1) is 19.3 Å². The van der Waals surface area contributed by atoms with Gasteiger partial charge in [-0.05, 0) is 56.0 Å². The van der Waals surface area contributed by atoms with E-state index in [-0.39, 0.29) is 0 Å². The summed E-state index contributed by atoms with van der Waals surface area (Å²) in [7, 11) is 0. The summed E-state index contributed by atoms with van der Waals surface area (Å²) in [5, 5.41) is 13.8. The van der Waals surface area contributed by atoms with E-state index in [0.717, 1.165) is 16.7 Å². The van der Waals surface area contributed by atoms with Crippen molar-refractivity contribution in [3.63, 3.8) is 0 Å². The third kappa shape index (κ3) is 3.17. The fraction of sp³-hybridized carbons (Fsp3) is 0.500. The summed E-state index contributed by atoms with van der Waals surface area (Å²) < 4.78 is 5.84. The minimum atomic E-state index is -0.735. The van der Waals surface area contributed by atoms with E-state index in [9.17, 15) is 9.90 Å². The van der Waals surface area contributed by atoms with Crippen molar-refractivity contribution >= 4 is 16.9 Å². The minimum Gasteiger partial charge on any atom is -0.481 e. The molecule has 0 amide bonds. The lowest BCUT2D eigenvalue weighted by atomic mass is 9.82. The molecule has 0 saturated heterocycles. The molecule has 1 heterocycles. The summed E-state index contributed by atoms with van der Waals surface area (Å²) >= 11 is 0. The normalized spacial score (nSPS) is 12.0. The Labute approximate surface area is 131 Å². The molecule has 0 spiro atoms. The maximum absolute atomic E-state index is 11.5. The van der Waals surface area contributed by atoms with Gasteiger partial charge in [-0.15, -0.1) is 0 Å². The second-order valence-electron chi connectivity index (χ2n) is 6.08. The Kier molecular flexibility index (Phi) is 4.91. The molecule has 4 nitrogen and oxygen atoms in total. The van der Waals surface area contributed by atoms with E-state index >= 15 is 0 Å². The van der Waals surface area contributed by atoms with Crippen LogP contribution in [0.3, 0.4) is 0 Å². The van der Waals surface area contributed by atoms with Crippen molar-refractivity contribution in [3.05, 3.63) is 35.1 Å². The van der Waals surface area contributed by atoms with Crippen LogP contribution >= 0.6 is 0 Å². The molecule has 1 aromatic heterocycles. The largest absolute Gasteiger partial charge is 0.481 e. The monoisotopic (exact) mass is 303 g/mol. The van der Waals surface area contributed by atoms with Crippen LogP contribution < -0.4 is 5.32 Å². The van der Waals surface area contributed by atoms with Gasteiger partial charge in [-0.25, -0.2) is 0 Å². The SMILES string of the molecule is CCC(CC)(CNCc1cc2cc(C)c(C)cc2o1)C(=O)O. The van der Waals surface area contributed by atoms with Crippen LogP contribution in [0.5, 0.6) is 0 Å². The molecule has 120 valence electrons. The van der Waals surface area contributed by atoms with Gasteiger partial charge in [-0.3, -0.25) is 4.79 Å². The number of aliphatic carboxylic acids is 1. The summed E-state index contributed by atoms with van der Waals surface area (Å²) in [6, 6.07) is 6.19. The van der Waals surface area contributed by atoms with Gasteiger partial charge in [-0.1, -0.05) is 13.8 Å². The number of rotatable bonds is 7. The molecule has 0 aliphatic rings. The van der Waals surface area contributed by atoms with Gasteiger partial charge in [-0.2, -0.15) is 0 Å². The number of carboxylic acids is 1. The van der Waals surface area contributed by atoms with Gasteiger partial charge in [0.2, 0.25) is 0 Å². The average molecular weight is 303 g/mol. The lowest BCUT2D eigenvalue weighted by molar-refractivity contribution is -0.149. The van der Waals surface area contributed by atoms with Crippen molar-refractivity contribution in [2.24, 2.45) is 5.41 Å². The lowest BCUT2D eigenvalue weighted by Crippen LogP contribution is -2.39. The van der Waals surface area contributed by atoms with Crippen LogP contribution in [-0.2, 0) is 11.3 Å². The van der Waals surface area contributed by atoms with Gasteiger partial charge < -0.3 is 14.8 Å². The van der Waals surface area contributed by atoms with E-state index in [1.165, 1.54) is 11.1 Å². The molecule has 0 radical (unpaired) electrons. The van der Waals surface area contributed by atoms with Crippen LogP contribution in [0.25, 0.3) is 11.0 Å². The van der Waals surface area contributed by atoms with Gasteiger partial charge in [0.05, 0.1) is 12.0 Å². The Morgan fingerprint density at radius 1 is 1.18 bits per heavy atom. The number of benzene rings is 1. The summed E-state index contributed by atoms with van der Waals surface area (Å²) in [6.07, 6.45) is 1.23. The zero-order chi connectivity index (χ0) is 16.3. The molecule has 0 fully saturated rings. The fourth-order valence-corrected chi connectivity index (χ4v) is 2.75. The number of aryl methyl sites for hydroxylation is 2. The predicted octanol–water partition coefficient (Wildman–Crippen LogP) is 4.03. The average Bonchev–Trinajstić information content (AvgIpc) is 2.85. The first-order valence-corrected chi connectivity index (χ1v) is 7.85. The van der Waals surface area contributed by atoms with Crippen molar-refractivity contribution in [2.75, 3.05) is 6.54 Å². The highest BCUT2D eigenvalue weighted by molar-refractivity contribution is 5.79. The molecule has 0 saturated carbocycles. The molecule has 4 heteroatoms. The van der Waals surface area contributed by atoms with E-state index in [4.69, 9.17) is 4.42 Å². The molecular formula is C18H25NO3. The summed E-state index contributed by atoms with van der Waals surface area (Å²) in [4.78, 5) is 11.5. The number of furan rings is 1. The number of carbonyl (C=O) groups is 1. The summed E-state index contributed by atoms with van der Waals surface area (Å²) in [6.45, 7) is 8.99. The van der Waals surface area contributed by atoms with E-state index in [1.807, 2.05) is 26.0 Å². The first kappa shape index (κ1) is 16.6. The Balaban J connectivity index is 2.07. The molecule has 0 bridgehead atoms. The number of hydrogen-bond donors (Lipinski definition) is 2. The summed E-state index contributed by atoms with van der Waals surface area (Å²) in [5.41, 5.74) is 2.65. The molecule has 1 aromatic carbocycles. The van der Waals surface area contributed by atoms with E-state index in [1.54, 1.807) is 0 Å². The van der Waals surface area contributed by atoms with Crippen molar-refractivity contribution in [2.45, 2.75) is 47.1 Å². The fourth-order valence-electron chi connectivity index (χ4n) is 2.75. The maximum atomic E-state index is 11.5. The van der Waals surface area contributed by atoms with Gasteiger partial charge in [0.25, 0.3) is 0 Å². The predicted molar refractivity (Wildman–Crippen MR) is 88.0 cm³/mol. The third-order valence-corrected chi connectivity index (χ3v) is 4.75. The Morgan fingerprint density at radius 3 is 2.41 bits per heavy atom. The molecule has 22 heavy (non-hydrogen) atoms. The quantitative estimate of drug-likeness (QED) is 0.810. The van der Waals surface area contributed by atoms with Crippen molar-refractivity contribution in [3.8, 4) is 0 Å². The highest BCUT2D eigenvalue weighted by Gasteiger charge is 2.34. The van der Waals surface area contributed by atoms with Gasteiger partial charge in [0.1, 0.15) is 11.3 Å². The Hall–Kier alpha value is -1.81. The standard InChI is InChI=1S/C18H25NO3/c1-5-18(6-2,17(20)21)11-19-10-15-9-14-7-12(3)13(4)8-16(14)22-15/h7-9,19H,5-6,10-11H2,1-4H3,(H,20,21). The summed E-state index contributed by atoms with van der Waals surface area (Å²) in [5.74, 6) is 0.104. The molecule has 2 aromatic rings. The lowest BCUT2D eigenvalue weighted by Gasteiger charge is -2.26. The molecule has 0 aliphatic heterocycles. The highest BCUT2D eigenvalue weighted by atomic mass is 16.4. The van der Waals surface area contributed by atoms with Gasteiger partial charge >= 0.3 is 5.97 Å². The van der Waals surface area contributed by atoms with Gasteiger partial charge in [0, 0.05) is 11.9 Å². The molecule has 2 N–H and O–H groups in total. The van der Waals surface area contributed by atoms with Crippen LogP contribution in [0.4, 0.5) is 0 Å². The van der Waals surface area contributed by atoms with E-state index in [2.05, 4.69) is 25.2 Å².